The summed E-state index contributed by atoms with van der Waals surface area (Å²) in [5.41, 5.74) is 0.998. The van der Waals surface area contributed by atoms with E-state index in [1.807, 2.05) is 25.1 Å². The summed E-state index contributed by atoms with van der Waals surface area (Å²) in [4.78, 5) is 23.0. The number of aryl methyl sites for hydroxylation is 1. The summed E-state index contributed by atoms with van der Waals surface area (Å²) in [6, 6.07) is 11.8. The zero-order valence-electron chi connectivity index (χ0n) is 12.4. The zero-order chi connectivity index (χ0) is 16.8. The minimum atomic E-state index is -1.18. The predicted molar refractivity (Wildman–Crippen MR) is 88.1 cm³/mol. The molecule has 2 aromatic carbocycles. The summed E-state index contributed by atoms with van der Waals surface area (Å²) >= 11 is 3.18. The summed E-state index contributed by atoms with van der Waals surface area (Å²) in [6.07, 6.45) is 0.864. The summed E-state index contributed by atoms with van der Waals surface area (Å²) in [5, 5.41) is 9.13. The molecule has 0 aliphatic heterocycles. The second kappa shape index (κ2) is 7.78. The first-order chi connectivity index (χ1) is 11.0. The van der Waals surface area contributed by atoms with E-state index in [0.29, 0.717) is 10.2 Å². The van der Waals surface area contributed by atoms with E-state index in [1.54, 1.807) is 12.1 Å². The molecule has 0 spiro atoms. The Balaban J connectivity index is 2.01. The molecule has 0 aromatic heterocycles. The van der Waals surface area contributed by atoms with Gasteiger partial charge in [0.1, 0.15) is 17.1 Å². The molecule has 0 amide bonds. The van der Waals surface area contributed by atoms with E-state index in [1.165, 1.54) is 12.1 Å². The molecule has 0 heterocycles. The number of hydrogen-bond donors (Lipinski definition) is 1. The van der Waals surface area contributed by atoms with Gasteiger partial charge in [0, 0.05) is 4.47 Å². The van der Waals surface area contributed by atoms with Gasteiger partial charge in [0.05, 0.1) is 0 Å². The number of carboxylic acid groups (broad SMARTS) is 1. The molecule has 23 heavy (non-hydrogen) atoms. The molecular formula is C17H15BrO5. The minimum Gasteiger partial charge on any atom is -0.482 e. The van der Waals surface area contributed by atoms with Gasteiger partial charge in [-0.05, 0) is 42.3 Å². The Morgan fingerprint density at radius 2 is 1.96 bits per heavy atom. The van der Waals surface area contributed by atoms with Gasteiger partial charge in [0.2, 0.25) is 0 Å². The summed E-state index contributed by atoms with van der Waals surface area (Å²) < 4.78 is 11.0. The molecule has 0 bridgehead atoms. The standard InChI is InChI=1S/C17H15BrO5/c1-2-11-4-3-5-13(8-11)22-10-16(19)23-15-7-6-12(18)9-14(15)17(20)21/h3-9H,2,10H2,1H3,(H,20,21). The van der Waals surface area contributed by atoms with Crippen molar-refractivity contribution in [3.05, 3.63) is 58.1 Å². The Labute approximate surface area is 142 Å². The van der Waals surface area contributed by atoms with Crippen molar-refractivity contribution in [1.82, 2.24) is 0 Å². The number of carbonyl (C=O) groups is 2. The first-order valence-corrected chi connectivity index (χ1v) is 7.74. The van der Waals surface area contributed by atoms with Crippen molar-refractivity contribution in [2.24, 2.45) is 0 Å². The Hall–Kier alpha value is -2.34. The maximum atomic E-state index is 11.8. The van der Waals surface area contributed by atoms with Gasteiger partial charge in [0.25, 0.3) is 0 Å². The number of benzene rings is 2. The van der Waals surface area contributed by atoms with Crippen molar-refractivity contribution in [3.63, 3.8) is 0 Å². The van der Waals surface area contributed by atoms with Crippen molar-refractivity contribution in [3.8, 4) is 11.5 Å². The lowest BCUT2D eigenvalue weighted by Gasteiger charge is -2.09. The first kappa shape index (κ1) is 17.0. The Morgan fingerprint density at radius 3 is 2.65 bits per heavy atom. The largest absolute Gasteiger partial charge is 0.482 e. The second-order valence-corrected chi connectivity index (χ2v) is 5.63. The number of carbonyl (C=O) groups excluding carboxylic acids is 1. The fourth-order valence-electron chi connectivity index (χ4n) is 1.91. The third-order valence-electron chi connectivity index (χ3n) is 3.06. The first-order valence-electron chi connectivity index (χ1n) is 6.95. The molecule has 0 saturated carbocycles. The van der Waals surface area contributed by atoms with Gasteiger partial charge >= 0.3 is 11.9 Å². The van der Waals surface area contributed by atoms with Crippen LogP contribution in [0.15, 0.2) is 46.9 Å². The molecule has 0 unspecified atom stereocenters. The minimum absolute atomic E-state index is 0.0170. The average Bonchev–Trinajstić information content (AvgIpc) is 2.54. The topological polar surface area (TPSA) is 72.8 Å². The van der Waals surface area contributed by atoms with Crippen LogP contribution >= 0.6 is 15.9 Å². The number of hydrogen-bond acceptors (Lipinski definition) is 4. The zero-order valence-corrected chi connectivity index (χ0v) is 14.0. The fraction of sp³-hybridized carbons (Fsp3) is 0.176. The SMILES string of the molecule is CCc1cccc(OCC(=O)Oc2ccc(Br)cc2C(=O)O)c1. The maximum absolute atomic E-state index is 11.8. The van der Waals surface area contributed by atoms with Crippen LogP contribution in [-0.2, 0) is 11.2 Å². The van der Waals surface area contributed by atoms with Gasteiger partial charge in [-0.3, -0.25) is 0 Å². The molecule has 5 nitrogen and oxygen atoms in total. The van der Waals surface area contributed by atoms with Crippen molar-refractivity contribution in [2.75, 3.05) is 6.61 Å². The number of rotatable bonds is 6. The van der Waals surface area contributed by atoms with Crippen LogP contribution in [0, 0.1) is 0 Å². The number of esters is 1. The number of ether oxygens (including phenoxy) is 2. The van der Waals surface area contributed by atoms with Gasteiger partial charge in [0.15, 0.2) is 6.61 Å². The quantitative estimate of drug-likeness (QED) is 0.612. The molecule has 0 saturated heterocycles. The highest BCUT2D eigenvalue weighted by molar-refractivity contribution is 9.10. The maximum Gasteiger partial charge on any atom is 0.349 e. The van der Waals surface area contributed by atoms with E-state index in [9.17, 15) is 9.59 Å². The van der Waals surface area contributed by atoms with E-state index in [-0.39, 0.29) is 17.9 Å². The van der Waals surface area contributed by atoms with Crippen molar-refractivity contribution < 1.29 is 24.2 Å². The Kier molecular flexibility index (Phi) is 5.76. The van der Waals surface area contributed by atoms with Gasteiger partial charge in [-0.25, -0.2) is 9.59 Å². The van der Waals surface area contributed by atoms with Gasteiger partial charge in [-0.15, -0.1) is 0 Å². The van der Waals surface area contributed by atoms with Crippen molar-refractivity contribution >= 4 is 27.9 Å². The smallest absolute Gasteiger partial charge is 0.349 e. The van der Waals surface area contributed by atoms with E-state index in [4.69, 9.17) is 14.6 Å². The number of aromatic carboxylic acids is 1. The van der Waals surface area contributed by atoms with Crippen LogP contribution in [0.25, 0.3) is 0 Å². The third kappa shape index (κ3) is 4.82. The van der Waals surface area contributed by atoms with Crippen LogP contribution in [0.3, 0.4) is 0 Å². The van der Waals surface area contributed by atoms with Gasteiger partial charge < -0.3 is 14.6 Å². The fourth-order valence-corrected chi connectivity index (χ4v) is 2.27. The normalized spacial score (nSPS) is 10.2. The Morgan fingerprint density at radius 1 is 1.17 bits per heavy atom. The summed E-state index contributed by atoms with van der Waals surface area (Å²) in [6.45, 7) is 1.72. The highest BCUT2D eigenvalue weighted by atomic mass is 79.9. The van der Waals surface area contributed by atoms with Crippen LogP contribution in [0.4, 0.5) is 0 Å². The molecule has 0 radical (unpaired) electrons. The summed E-state index contributed by atoms with van der Waals surface area (Å²) in [7, 11) is 0. The molecule has 0 fully saturated rings. The lowest BCUT2D eigenvalue weighted by Crippen LogP contribution is -2.19. The third-order valence-corrected chi connectivity index (χ3v) is 3.55. The molecule has 0 aliphatic rings. The number of halogens is 1. The molecule has 120 valence electrons. The van der Waals surface area contributed by atoms with Crippen LogP contribution in [0.5, 0.6) is 11.5 Å². The second-order valence-electron chi connectivity index (χ2n) is 4.71. The molecule has 6 heteroatoms. The molecule has 0 aliphatic carbocycles. The highest BCUT2D eigenvalue weighted by Crippen LogP contribution is 2.23. The van der Waals surface area contributed by atoms with E-state index in [2.05, 4.69) is 15.9 Å². The highest BCUT2D eigenvalue weighted by Gasteiger charge is 2.15. The van der Waals surface area contributed by atoms with E-state index >= 15 is 0 Å². The molecule has 2 aromatic rings. The monoisotopic (exact) mass is 378 g/mol. The lowest BCUT2D eigenvalue weighted by molar-refractivity contribution is -0.136. The van der Waals surface area contributed by atoms with Gasteiger partial charge in [-0.1, -0.05) is 35.0 Å². The molecule has 0 atom stereocenters. The van der Waals surface area contributed by atoms with Crippen LogP contribution < -0.4 is 9.47 Å². The molecular weight excluding hydrogens is 364 g/mol. The van der Waals surface area contributed by atoms with Gasteiger partial charge in [-0.2, -0.15) is 0 Å². The predicted octanol–water partition coefficient (Wildman–Crippen LogP) is 3.69. The van der Waals surface area contributed by atoms with E-state index < -0.39 is 11.9 Å². The van der Waals surface area contributed by atoms with Crippen LogP contribution in [0.1, 0.15) is 22.8 Å². The van der Waals surface area contributed by atoms with Crippen LogP contribution in [-0.4, -0.2) is 23.7 Å². The lowest BCUT2D eigenvalue weighted by atomic mass is 10.2. The van der Waals surface area contributed by atoms with Crippen LogP contribution in [0.2, 0.25) is 0 Å². The summed E-state index contributed by atoms with van der Waals surface area (Å²) in [5.74, 6) is -1.30. The number of carboxylic acids is 1. The van der Waals surface area contributed by atoms with Crippen molar-refractivity contribution in [2.45, 2.75) is 13.3 Å². The Bertz CT molecular complexity index is 727. The molecule has 1 N–H and O–H groups in total. The van der Waals surface area contributed by atoms with E-state index in [0.717, 1.165) is 12.0 Å². The van der Waals surface area contributed by atoms with Crippen molar-refractivity contribution in [1.29, 1.82) is 0 Å². The average molecular weight is 379 g/mol. The molecule has 2 rings (SSSR count).